The molecule has 0 fully saturated rings. The van der Waals surface area contributed by atoms with Crippen LogP contribution in [0.25, 0.3) is 10.8 Å². The molecule has 0 saturated heterocycles. The van der Waals surface area contributed by atoms with Gasteiger partial charge in [-0.05, 0) is 60.7 Å². The maximum Gasteiger partial charge on any atom is 1.00 e. The van der Waals surface area contributed by atoms with Crippen LogP contribution in [-0.2, 0) is 10.1 Å². The minimum atomic E-state index is -4.67. The monoisotopic (exact) mass is 527 g/mol. The standard InChI is InChI=1S/C25H23N5O5S.Na/c31-16-20(32)15-26-17-6-8-19(9-7-17)28-29-24-12-13-25(30-27-18-4-2-1-3-5-18)23-14-21(36(33,34)35)10-11-22(23)24;/h1-14,20,26,31-32H,15-16H2,(H,33,34,35);/q;+1/p-1. The van der Waals surface area contributed by atoms with Crippen molar-refractivity contribution in [2.45, 2.75) is 11.0 Å². The first-order valence-electron chi connectivity index (χ1n) is 10.9. The summed E-state index contributed by atoms with van der Waals surface area (Å²) in [6.07, 6.45) is -0.857. The summed E-state index contributed by atoms with van der Waals surface area (Å²) in [5, 5.41) is 39.2. The summed E-state index contributed by atoms with van der Waals surface area (Å²) in [5.41, 5.74) is 2.74. The van der Waals surface area contributed by atoms with Gasteiger partial charge in [0, 0.05) is 23.0 Å². The fraction of sp³-hybridized carbons (Fsp3) is 0.120. The first-order chi connectivity index (χ1) is 17.3. The molecule has 0 bridgehead atoms. The van der Waals surface area contributed by atoms with E-state index in [1.165, 1.54) is 18.2 Å². The molecule has 37 heavy (non-hydrogen) atoms. The molecule has 0 aliphatic heterocycles. The third-order valence-electron chi connectivity index (χ3n) is 5.15. The second kappa shape index (κ2) is 13.0. The van der Waals surface area contributed by atoms with E-state index in [0.717, 1.165) is 5.69 Å². The molecule has 4 rings (SSSR count). The van der Waals surface area contributed by atoms with Crippen molar-refractivity contribution < 1.29 is 52.7 Å². The number of nitrogens with zero attached hydrogens (tertiary/aromatic N) is 4. The Balaban J connectivity index is 0.00000380. The first-order valence-corrected chi connectivity index (χ1v) is 12.3. The Kier molecular flexibility index (Phi) is 10.0. The average molecular weight is 528 g/mol. The molecule has 12 heteroatoms. The van der Waals surface area contributed by atoms with E-state index in [1.807, 2.05) is 18.2 Å². The molecule has 0 aliphatic rings. The second-order valence-electron chi connectivity index (χ2n) is 7.77. The predicted octanol–water partition coefficient (Wildman–Crippen LogP) is 2.34. The summed E-state index contributed by atoms with van der Waals surface area (Å²) >= 11 is 0. The molecule has 0 aliphatic carbocycles. The fourth-order valence-electron chi connectivity index (χ4n) is 3.29. The van der Waals surface area contributed by atoms with Gasteiger partial charge < -0.3 is 20.1 Å². The molecule has 0 spiro atoms. The average Bonchev–Trinajstić information content (AvgIpc) is 2.90. The Morgan fingerprint density at radius 1 is 0.784 bits per heavy atom. The summed E-state index contributed by atoms with van der Waals surface area (Å²) in [4.78, 5) is -0.380. The smallest absolute Gasteiger partial charge is 0.744 e. The number of hydrogen-bond donors (Lipinski definition) is 3. The van der Waals surface area contributed by atoms with E-state index < -0.39 is 16.2 Å². The van der Waals surface area contributed by atoms with Gasteiger partial charge in [0.2, 0.25) is 0 Å². The minimum Gasteiger partial charge on any atom is -0.744 e. The van der Waals surface area contributed by atoms with E-state index >= 15 is 0 Å². The van der Waals surface area contributed by atoms with Crippen LogP contribution in [0.15, 0.2) is 110 Å². The molecule has 1 unspecified atom stereocenters. The van der Waals surface area contributed by atoms with Crippen molar-refractivity contribution in [2.24, 2.45) is 20.5 Å². The summed E-state index contributed by atoms with van der Waals surface area (Å²) < 4.78 is 34.8. The normalized spacial score (nSPS) is 12.6. The molecule has 4 aromatic carbocycles. The number of rotatable bonds is 9. The quantitative estimate of drug-likeness (QED) is 0.172. The Morgan fingerprint density at radius 3 is 1.97 bits per heavy atom. The van der Waals surface area contributed by atoms with Crippen LogP contribution in [-0.4, -0.2) is 42.4 Å². The molecule has 0 amide bonds. The Labute approximate surface area is 235 Å². The number of anilines is 1. The number of hydrogen-bond acceptors (Lipinski definition) is 10. The third-order valence-corrected chi connectivity index (χ3v) is 5.98. The van der Waals surface area contributed by atoms with Gasteiger partial charge in [-0.15, -0.1) is 10.2 Å². The van der Waals surface area contributed by atoms with E-state index in [9.17, 15) is 18.1 Å². The third kappa shape index (κ3) is 7.73. The zero-order valence-corrected chi connectivity index (χ0v) is 22.7. The van der Waals surface area contributed by atoms with Gasteiger partial charge in [-0.3, -0.25) is 0 Å². The predicted molar refractivity (Wildman–Crippen MR) is 135 cm³/mol. The SMILES string of the molecule is O=S(=O)([O-])c1ccc2c(N=Nc3ccc(NCC(O)CO)cc3)ccc(N=Nc3ccccc3)c2c1.[Na+]. The van der Waals surface area contributed by atoms with Gasteiger partial charge in [-0.2, -0.15) is 10.2 Å². The Bertz CT molecular complexity index is 1510. The molecule has 0 heterocycles. The van der Waals surface area contributed by atoms with Crippen molar-refractivity contribution in [2.75, 3.05) is 18.5 Å². The first kappa shape index (κ1) is 28.5. The van der Waals surface area contributed by atoms with Gasteiger partial charge in [0.1, 0.15) is 10.1 Å². The van der Waals surface area contributed by atoms with Crippen LogP contribution in [0.4, 0.5) is 28.4 Å². The summed E-state index contributed by atoms with van der Waals surface area (Å²) in [6.45, 7) is -0.125. The Hall–Kier alpha value is -3.03. The number of fused-ring (bicyclic) bond motifs is 1. The summed E-state index contributed by atoms with van der Waals surface area (Å²) in [7, 11) is -4.67. The van der Waals surface area contributed by atoms with Gasteiger partial charge in [-0.1, -0.05) is 24.3 Å². The number of benzene rings is 4. The molecule has 184 valence electrons. The van der Waals surface area contributed by atoms with Crippen molar-refractivity contribution in [3.8, 4) is 0 Å². The number of aliphatic hydroxyl groups is 2. The summed E-state index contributed by atoms with van der Waals surface area (Å²) in [5.74, 6) is 0. The van der Waals surface area contributed by atoms with Gasteiger partial charge in [0.25, 0.3) is 0 Å². The van der Waals surface area contributed by atoms with E-state index in [2.05, 4.69) is 25.8 Å². The topological polar surface area (TPSA) is 159 Å². The number of nitrogens with one attached hydrogen (secondary N) is 1. The van der Waals surface area contributed by atoms with Crippen molar-refractivity contribution >= 4 is 49.3 Å². The van der Waals surface area contributed by atoms with Crippen LogP contribution >= 0.6 is 0 Å². The van der Waals surface area contributed by atoms with Crippen LogP contribution < -0.4 is 34.9 Å². The molecule has 0 aromatic heterocycles. The van der Waals surface area contributed by atoms with E-state index in [0.29, 0.717) is 33.5 Å². The molecular weight excluding hydrogens is 505 g/mol. The van der Waals surface area contributed by atoms with Crippen molar-refractivity contribution in [3.63, 3.8) is 0 Å². The minimum absolute atomic E-state index is 0. The molecule has 10 nitrogen and oxygen atoms in total. The van der Waals surface area contributed by atoms with Crippen molar-refractivity contribution in [1.29, 1.82) is 0 Å². The maximum atomic E-state index is 11.6. The van der Waals surface area contributed by atoms with Crippen LogP contribution in [0.5, 0.6) is 0 Å². The van der Waals surface area contributed by atoms with E-state index in [4.69, 9.17) is 5.11 Å². The molecule has 3 N–H and O–H groups in total. The van der Waals surface area contributed by atoms with E-state index in [-0.39, 0.29) is 47.6 Å². The fourth-order valence-corrected chi connectivity index (χ4v) is 3.79. The zero-order valence-electron chi connectivity index (χ0n) is 19.9. The van der Waals surface area contributed by atoms with Crippen LogP contribution in [0.1, 0.15) is 0 Å². The molecule has 1 atom stereocenters. The molecule has 4 aromatic rings. The van der Waals surface area contributed by atoms with Crippen LogP contribution in [0.2, 0.25) is 0 Å². The molecular formula is C25H22N5NaO5S. The summed E-state index contributed by atoms with van der Waals surface area (Å²) in [6, 6.07) is 23.3. The van der Waals surface area contributed by atoms with Crippen LogP contribution in [0.3, 0.4) is 0 Å². The molecule has 0 radical (unpaired) electrons. The second-order valence-corrected chi connectivity index (χ2v) is 9.14. The van der Waals surface area contributed by atoms with Gasteiger partial charge in [-0.25, -0.2) is 8.42 Å². The van der Waals surface area contributed by atoms with Gasteiger partial charge in [0.05, 0.1) is 40.4 Å². The zero-order chi connectivity index (χ0) is 25.5. The van der Waals surface area contributed by atoms with Crippen LogP contribution in [0, 0.1) is 0 Å². The largest absolute Gasteiger partial charge is 1.00 e. The number of azo groups is 2. The van der Waals surface area contributed by atoms with Gasteiger partial charge in [0.15, 0.2) is 0 Å². The maximum absolute atomic E-state index is 11.6. The number of aliphatic hydroxyl groups excluding tert-OH is 2. The molecule has 0 saturated carbocycles. The van der Waals surface area contributed by atoms with E-state index in [1.54, 1.807) is 48.5 Å². The van der Waals surface area contributed by atoms with Crippen molar-refractivity contribution in [1.82, 2.24) is 0 Å². The van der Waals surface area contributed by atoms with Crippen molar-refractivity contribution in [3.05, 3.63) is 84.9 Å². The van der Waals surface area contributed by atoms with Gasteiger partial charge >= 0.3 is 29.6 Å². The Morgan fingerprint density at radius 2 is 1.38 bits per heavy atom.